The Bertz CT molecular complexity index is 713. The molecular weight excluding hydrogens is 307 g/mol. The van der Waals surface area contributed by atoms with E-state index < -0.39 is 0 Å². The fraction of sp³-hybridized carbons (Fsp3) is 0.421. The molecule has 0 bridgehead atoms. The molecule has 1 aliphatic rings. The molecule has 0 saturated carbocycles. The predicted molar refractivity (Wildman–Crippen MR) is 91.9 cm³/mol. The summed E-state index contributed by atoms with van der Waals surface area (Å²) in [5.74, 6) is 0.505. The number of nitrogens with zero attached hydrogens (tertiary/aromatic N) is 2. The first kappa shape index (κ1) is 16.7. The fourth-order valence-corrected chi connectivity index (χ4v) is 3.13. The number of hydrogen-bond acceptors (Lipinski definition) is 4. The van der Waals surface area contributed by atoms with E-state index in [9.17, 15) is 9.50 Å². The number of hydrogen-bond donors (Lipinski definition) is 1. The van der Waals surface area contributed by atoms with Crippen molar-refractivity contribution in [3.05, 3.63) is 53.1 Å². The van der Waals surface area contributed by atoms with Gasteiger partial charge in [-0.1, -0.05) is 12.1 Å². The first-order valence-electron chi connectivity index (χ1n) is 8.32. The molecule has 128 valence electrons. The molecule has 2 heterocycles. The zero-order chi connectivity index (χ0) is 17.1. The average molecular weight is 330 g/mol. The highest BCUT2D eigenvalue weighted by Crippen LogP contribution is 2.27. The van der Waals surface area contributed by atoms with Gasteiger partial charge in [0.15, 0.2) is 5.82 Å². The van der Waals surface area contributed by atoms with Crippen LogP contribution in [0.2, 0.25) is 0 Å². The highest BCUT2D eigenvalue weighted by Gasteiger charge is 2.23. The lowest BCUT2D eigenvalue weighted by atomic mass is 10.1. The van der Waals surface area contributed by atoms with E-state index in [1.54, 1.807) is 18.2 Å². The molecule has 3 rings (SSSR count). The van der Waals surface area contributed by atoms with Crippen molar-refractivity contribution in [3.63, 3.8) is 0 Å². The summed E-state index contributed by atoms with van der Waals surface area (Å²) < 4.78 is 20.4. The van der Waals surface area contributed by atoms with Gasteiger partial charge in [0.1, 0.15) is 11.9 Å². The van der Waals surface area contributed by atoms with Gasteiger partial charge in [-0.05, 0) is 32.0 Å². The maximum Gasteiger partial charge on any atom is 0.151 e. The van der Waals surface area contributed by atoms with Crippen molar-refractivity contribution >= 4 is 5.69 Å². The topological polar surface area (TPSA) is 45.6 Å². The van der Waals surface area contributed by atoms with Crippen LogP contribution in [0, 0.1) is 19.7 Å². The number of ether oxygens (including phenoxy) is 1. The van der Waals surface area contributed by atoms with Crippen LogP contribution in [0.1, 0.15) is 29.8 Å². The number of piperidine rings is 1. The van der Waals surface area contributed by atoms with Crippen LogP contribution in [-0.4, -0.2) is 29.3 Å². The lowest BCUT2D eigenvalue weighted by Gasteiger charge is -2.34. The van der Waals surface area contributed by atoms with Crippen LogP contribution in [0.3, 0.4) is 0 Å². The third-order valence-electron chi connectivity index (χ3n) is 4.48. The van der Waals surface area contributed by atoms with Crippen molar-refractivity contribution in [3.8, 4) is 5.75 Å². The SMILES string of the molecule is Cc1ccc(OC2CCN(c3cccc(CO)c3F)CC2)c(C)n1. The van der Waals surface area contributed by atoms with Crippen LogP contribution in [0.4, 0.5) is 10.1 Å². The van der Waals surface area contributed by atoms with Crippen LogP contribution >= 0.6 is 0 Å². The van der Waals surface area contributed by atoms with E-state index in [-0.39, 0.29) is 18.5 Å². The van der Waals surface area contributed by atoms with Gasteiger partial charge in [-0.3, -0.25) is 4.98 Å². The Morgan fingerprint density at radius 3 is 2.62 bits per heavy atom. The Labute approximate surface area is 141 Å². The monoisotopic (exact) mass is 330 g/mol. The van der Waals surface area contributed by atoms with Crippen molar-refractivity contribution in [1.29, 1.82) is 0 Å². The van der Waals surface area contributed by atoms with Crippen LogP contribution in [-0.2, 0) is 6.61 Å². The normalized spacial score (nSPS) is 15.6. The maximum absolute atomic E-state index is 14.4. The van der Waals surface area contributed by atoms with E-state index in [0.29, 0.717) is 11.3 Å². The molecule has 1 fully saturated rings. The summed E-state index contributed by atoms with van der Waals surface area (Å²) in [6, 6.07) is 9.08. The van der Waals surface area contributed by atoms with Gasteiger partial charge in [0.2, 0.25) is 0 Å². The highest BCUT2D eigenvalue weighted by molar-refractivity contribution is 5.50. The molecule has 1 aromatic carbocycles. The van der Waals surface area contributed by atoms with Crippen LogP contribution in [0.15, 0.2) is 30.3 Å². The average Bonchev–Trinajstić information content (AvgIpc) is 2.58. The Kier molecular flexibility index (Phi) is 5.00. The summed E-state index contributed by atoms with van der Waals surface area (Å²) in [6.45, 7) is 5.10. The van der Waals surface area contributed by atoms with Gasteiger partial charge in [0, 0.05) is 37.2 Å². The summed E-state index contributed by atoms with van der Waals surface area (Å²) in [6.07, 6.45) is 1.78. The molecule has 0 amide bonds. The Morgan fingerprint density at radius 2 is 1.96 bits per heavy atom. The molecule has 0 spiro atoms. The van der Waals surface area contributed by atoms with E-state index in [1.807, 2.05) is 30.9 Å². The lowest BCUT2D eigenvalue weighted by Crippen LogP contribution is -2.38. The van der Waals surface area contributed by atoms with Crippen LogP contribution < -0.4 is 9.64 Å². The van der Waals surface area contributed by atoms with E-state index in [1.165, 1.54) is 0 Å². The Balaban J connectivity index is 1.64. The second kappa shape index (κ2) is 7.18. The molecule has 0 radical (unpaired) electrons. The first-order valence-corrected chi connectivity index (χ1v) is 8.32. The van der Waals surface area contributed by atoms with E-state index in [2.05, 4.69) is 4.98 Å². The minimum atomic E-state index is -0.321. The molecule has 0 atom stereocenters. The second-order valence-electron chi connectivity index (χ2n) is 6.25. The van der Waals surface area contributed by atoms with Gasteiger partial charge in [0.05, 0.1) is 18.0 Å². The van der Waals surface area contributed by atoms with Crippen LogP contribution in [0.25, 0.3) is 0 Å². The lowest BCUT2D eigenvalue weighted by molar-refractivity contribution is 0.168. The summed E-state index contributed by atoms with van der Waals surface area (Å²) in [4.78, 5) is 6.45. The van der Waals surface area contributed by atoms with E-state index in [4.69, 9.17) is 4.74 Å². The zero-order valence-electron chi connectivity index (χ0n) is 14.1. The summed E-state index contributed by atoms with van der Waals surface area (Å²) >= 11 is 0. The van der Waals surface area contributed by atoms with Crippen molar-refractivity contribution < 1.29 is 14.2 Å². The molecule has 0 aliphatic carbocycles. The molecule has 1 aliphatic heterocycles. The molecule has 1 N–H and O–H groups in total. The van der Waals surface area contributed by atoms with E-state index >= 15 is 0 Å². The first-order chi connectivity index (χ1) is 11.6. The number of halogens is 1. The molecule has 4 nitrogen and oxygen atoms in total. The minimum Gasteiger partial charge on any atom is -0.488 e. The van der Waals surface area contributed by atoms with Crippen molar-refractivity contribution in [1.82, 2.24) is 4.98 Å². The zero-order valence-corrected chi connectivity index (χ0v) is 14.1. The van der Waals surface area contributed by atoms with Crippen LogP contribution in [0.5, 0.6) is 5.75 Å². The summed E-state index contributed by atoms with van der Waals surface area (Å²) in [7, 11) is 0. The number of rotatable bonds is 4. The third kappa shape index (κ3) is 3.51. The smallest absolute Gasteiger partial charge is 0.151 e. The van der Waals surface area contributed by atoms with Gasteiger partial charge in [-0.15, -0.1) is 0 Å². The van der Waals surface area contributed by atoms with Gasteiger partial charge >= 0.3 is 0 Å². The Hall–Kier alpha value is -2.14. The minimum absolute atomic E-state index is 0.119. The molecule has 1 aromatic heterocycles. The molecule has 2 aromatic rings. The highest BCUT2D eigenvalue weighted by atomic mass is 19.1. The summed E-state index contributed by atoms with van der Waals surface area (Å²) in [5, 5.41) is 9.21. The quantitative estimate of drug-likeness (QED) is 0.933. The van der Waals surface area contributed by atoms with Gasteiger partial charge < -0.3 is 14.7 Å². The molecule has 0 unspecified atom stereocenters. The fourth-order valence-electron chi connectivity index (χ4n) is 3.13. The van der Waals surface area contributed by atoms with Crippen molar-refractivity contribution in [2.75, 3.05) is 18.0 Å². The number of aromatic nitrogens is 1. The predicted octanol–water partition coefficient (Wildman–Crippen LogP) is 3.38. The number of aliphatic hydroxyl groups is 1. The van der Waals surface area contributed by atoms with Gasteiger partial charge in [-0.25, -0.2) is 4.39 Å². The molecule has 24 heavy (non-hydrogen) atoms. The van der Waals surface area contributed by atoms with Crippen molar-refractivity contribution in [2.24, 2.45) is 0 Å². The van der Waals surface area contributed by atoms with E-state index in [0.717, 1.165) is 43.1 Å². The third-order valence-corrected chi connectivity index (χ3v) is 4.48. The standard InChI is InChI=1S/C19H23FN2O2/c1-13-6-7-18(14(2)21-13)24-16-8-10-22(11-9-16)17-5-3-4-15(12-23)19(17)20/h3-7,16,23H,8-12H2,1-2H3. The molecule has 1 saturated heterocycles. The number of benzene rings is 1. The summed E-state index contributed by atoms with van der Waals surface area (Å²) in [5.41, 5.74) is 2.79. The molecule has 5 heteroatoms. The van der Waals surface area contributed by atoms with Gasteiger partial charge in [-0.2, -0.15) is 0 Å². The number of anilines is 1. The largest absolute Gasteiger partial charge is 0.488 e. The number of aryl methyl sites for hydroxylation is 2. The van der Waals surface area contributed by atoms with Crippen molar-refractivity contribution in [2.45, 2.75) is 39.4 Å². The second-order valence-corrected chi connectivity index (χ2v) is 6.25. The Morgan fingerprint density at radius 1 is 1.21 bits per heavy atom. The maximum atomic E-state index is 14.4. The van der Waals surface area contributed by atoms with Gasteiger partial charge in [0.25, 0.3) is 0 Å². The number of aliphatic hydroxyl groups excluding tert-OH is 1. The number of pyridine rings is 1. The molecular formula is C19H23FN2O2.